The Hall–Kier alpha value is -2.62. The molecule has 142 valence electrons. The van der Waals surface area contributed by atoms with Crippen LogP contribution in [0.25, 0.3) is 0 Å². The van der Waals surface area contributed by atoms with Crippen molar-refractivity contribution in [2.45, 2.75) is 44.6 Å². The highest BCUT2D eigenvalue weighted by Gasteiger charge is 2.31. The normalized spacial score (nSPS) is 15.7. The van der Waals surface area contributed by atoms with Gasteiger partial charge in [-0.1, -0.05) is 73.5 Å². The van der Waals surface area contributed by atoms with E-state index in [1.54, 1.807) is 4.90 Å². The van der Waals surface area contributed by atoms with Crippen LogP contribution in [0.2, 0.25) is 0 Å². The van der Waals surface area contributed by atoms with Gasteiger partial charge in [0.05, 0.1) is 12.1 Å². The minimum atomic E-state index is -0.647. The van der Waals surface area contributed by atoms with Crippen molar-refractivity contribution in [3.05, 3.63) is 71.8 Å². The molecular formula is C23H28N2O2. The second-order valence-corrected chi connectivity index (χ2v) is 7.38. The van der Waals surface area contributed by atoms with E-state index in [1.807, 2.05) is 67.6 Å². The molecule has 2 aromatic rings. The predicted octanol–water partition coefficient (Wildman–Crippen LogP) is 3.86. The number of hydrogen-bond acceptors (Lipinski definition) is 2. The van der Waals surface area contributed by atoms with Gasteiger partial charge in [0.1, 0.15) is 0 Å². The molecule has 27 heavy (non-hydrogen) atoms. The summed E-state index contributed by atoms with van der Waals surface area (Å²) in [5, 5.41) is 3.20. The van der Waals surface area contributed by atoms with Crippen LogP contribution in [-0.4, -0.2) is 29.8 Å². The van der Waals surface area contributed by atoms with E-state index in [-0.39, 0.29) is 18.4 Å². The first-order valence-electron chi connectivity index (χ1n) is 9.79. The zero-order chi connectivity index (χ0) is 19.1. The summed E-state index contributed by atoms with van der Waals surface area (Å²) in [6, 6.07) is 19.9. The first-order chi connectivity index (χ1) is 13.1. The van der Waals surface area contributed by atoms with E-state index in [4.69, 9.17) is 0 Å². The van der Waals surface area contributed by atoms with Crippen LogP contribution in [-0.2, 0) is 15.1 Å². The van der Waals surface area contributed by atoms with Crippen molar-refractivity contribution in [1.29, 1.82) is 0 Å². The Bertz CT molecular complexity index is 719. The number of carbonyl (C=O) groups is 2. The van der Waals surface area contributed by atoms with Crippen molar-refractivity contribution >= 4 is 11.8 Å². The Balaban J connectivity index is 1.80. The molecule has 1 aliphatic heterocycles. The zero-order valence-corrected chi connectivity index (χ0v) is 16.0. The van der Waals surface area contributed by atoms with Crippen LogP contribution in [0.1, 0.15) is 50.2 Å². The van der Waals surface area contributed by atoms with Crippen LogP contribution < -0.4 is 5.32 Å². The van der Waals surface area contributed by atoms with Gasteiger partial charge in [0, 0.05) is 13.0 Å². The Morgan fingerprint density at radius 2 is 1.48 bits per heavy atom. The average Bonchev–Trinajstić information content (AvgIpc) is 2.69. The molecule has 0 saturated carbocycles. The van der Waals surface area contributed by atoms with Gasteiger partial charge in [0.25, 0.3) is 0 Å². The SMILES string of the molecule is CC(NC(=O)CN1CCCCCCC1=O)(c1ccccc1)c1ccccc1. The molecule has 0 bridgehead atoms. The lowest BCUT2D eigenvalue weighted by Gasteiger charge is -2.33. The summed E-state index contributed by atoms with van der Waals surface area (Å²) in [6.07, 6.45) is 4.65. The molecule has 1 heterocycles. The van der Waals surface area contributed by atoms with Gasteiger partial charge >= 0.3 is 0 Å². The van der Waals surface area contributed by atoms with Crippen LogP contribution in [0.15, 0.2) is 60.7 Å². The maximum atomic E-state index is 12.9. The van der Waals surface area contributed by atoms with Gasteiger partial charge < -0.3 is 10.2 Å². The van der Waals surface area contributed by atoms with Crippen LogP contribution >= 0.6 is 0 Å². The molecule has 0 unspecified atom stereocenters. The standard InChI is InChI=1S/C23H28N2O2/c1-23(19-12-6-4-7-13-19,20-14-8-5-9-15-20)24-21(26)18-25-17-11-3-2-10-16-22(25)27/h4-9,12-15H,2-3,10-11,16-18H2,1H3,(H,24,26). The Labute approximate surface area is 161 Å². The number of nitrogens with zero attached hydrogens (tertiary/aromatic N) is 1. The maximum absolute atomic E-state index is 12.9. The van der Waals surface area contributed by atoms with Crippen LogP contribution in [0.5, 0.6) is 0 Å². The number of nitrogens with one attached hydrogen (secondary N) is 1. The molecule has 1 saturated heterocycles. The first kappa shape index (κ1) is 19.2. The summed E-state index contributed by atoms with van der Waals surface area (Å²) in [7, 11) is 0. The van der Waals surface area contributed by atoms with Gasteiger partial charge in [-0.3, -0.25) is 9.59 Å². The number of amides is 2. The van der Waals surface area contributed by atoms with Gasteiger partial charge in [0.2, 0.25) is 11.8 Å². The van der Waals surface area contributed by atoms with Gasteiger partial charge in [-0.2, -0.15) is 0 Å². The van der Waals surface area contributed by atoms with Gasteiger partial charge in [-0.25, -0.2) is 0 Å². The third kappa shape index (κ3) is 4.76. The fraction of sp³-hybridized carbons (Fsp3) is 0.391. The lowest BCUT2D eigenvalue weighted by atomic mass is 9.84. The van der Waals surface area contributed by atoms with Crippen molar-refractivity contribution in [2.75, 3.05) is 13.1 Å². The van der Waals surface area contributed by atoms with E-state index in [0.29, 0.717) is 13.0 Å². The molecule has 0 aromatic heterocycles. The highest BCUT2D eigenvalue weighted by molar-refractivity contribution is 5.85. The lowest BCUT2D eigenvalue weighted by Crippen LogP contribution is -2.49. The van der Waals surface area contributed by atoms with Crippen molar-refractivity contribution in [3.8, 4) is 0 Å². The van der Waals surface area contributed by atoms with Gasteiger partial charge in [-0.05, 0) is 30.9 Å². The van der Waals surface area contributed by atoms with E-state index in [9.17, 15) is 9.59 Å². The third-order valence-corrected chi connectivity index (χ3v) is 5.35. The molecule has 0 aliphatic carbocycles. The number of benzene rings is 2. The average molecular weight is 364 g/mol. The van der Waals surface area contributed by atoms with Crippen molar-refractivity contribution in [3.63, 3.8) is 0 Å². The first-order valence-corrected chi connectivity index (χ1v) is 9.79. The molecule has 0 radical (unpaired) electrons. The summed E-state index contributed by atoms with van der Waals surface area (Å²) in [4.78, 5) is 27.0. The topological polar surface area (TPSA) is 49.4 Å². The van der Waals surface area contributed by atoms with E-state index in [1.165, 1.54) is 0 Å². The van der Waals surface area contributed by atoms with E-state index in [0.717, 1.165) is 36.8 Å². The number of likely N-dealkylation sites (tertiary alicyclic amines) is 1. The van der Waals surface area contributed by atoms with Crippen molar-refractivity contribution in [2.24, 2.45) is 0 Å². The molecule has 2 aromatic carbocycles. The minimum absolute atomic E-state index is 0.0889. The molecule has 3 rings (SSSR count). The van der Waals surface area contributed by atoms with E-state index >= 15 is 0 Å². The van der Waals surface area contributed by atoms with Gasteiger partial charge in [0.15, 0.2) is 0 Å². The molecule has 1 fully saturated rings. The fourth-order valence-electron chi connectivity index (χ4n) is 3.73. The van der Waals surface area contributed by atoms with E-state index < -0.39 is 5.54 Å². The Morgan fingerprint density at radius 1 is 0.926 bits per heavy atom. The van der Waals surface area contributed by atoms with Crippen LogP contribution in [0.4, 0.5) is 0 Å². The monoisotopic (exact) mass is 364 g/mol. The molecular weight excluding hydrogens is 336 g/mol. The van der Waals surface area contributed by atoms with E-state index in [2.05, 4.69) is 5.32 Å². The fourth-order valence-corrected chi connectivity index (χ4v) is 3.73. The predicted molar refractivity (Wildman–Crippen MR) is 107 cm³/mol. The summed E-state index contributed by atoms with van der Waals surface area (Å²) in [6.45, 7) is 2.80. The summed E-state index contributed by atoms with van der Waals surface area (Å²) >= 11 is 0. The molecule has 4 heteroatoms. The second kappa shape index (κ2) is 8.85. The lowest BCUT2D eigenvalue weighted by molar-refractivity contribution is -0.137. The number of carbonyl (C=O) groups excluding carboxylic acids is 2. The molecule has 0 spiro atoms. The molecule has 2 amide bonds. The van der Waals surface area contributed by atoms with Crippen LogP contribution in [0.3, 0.4) is 0 Å². The number of rotatable bonds is 5. The Morgan fingerprint density at radius 3 is 2.07 bits per heavy atom. The number of hydrogen-bond donors (Lipinski definition) is 1. The highest BCUT2D eigenvalue weighted by Crippen LogP contribution is 2.29. The summed E-state index contributed by atoms with van der Waals surface area (Å²) < 4.78 is 0. The maximum Gasteiger partial charge on any atom is 0.240 e. The Kier molecular flexibility index (Phi) is 6.28. The largest absolute Gasteiger partial charge is 0.341 e. The second-order valence-electron chi connectivity index (χ2n) is 7.38. The molecule has 0 atom stereocenters. The quantitative estimate of drug-likeness (QED) is 0.876. The van der Waals surface area contributed by atoms with Crippen molar-refractivity contribution in [1.82, 2.24) is 10.2 Å². The third-order valence-electron chi connectivity index (χ3n) is 5.35. The summed E-state index contributed by atoms with van der Waals surface area (Å²) in [5.74, 6) is -0.0369. The highest BCUT2D eigenvalue weighted by atomic mass is 16.2. The van der Waals surface area contributed by atoms with Gasteiger partial charge in [-0.15, -0.1) is 0 Å². The zero-order valence-electron chi connectivity index (χ0n) is 16.0. The molecule has 1 N–H and O–H groups in total. The summed E-state index contributed by atoms with van der Waals surface area (Å²) in [5.41, 5.74) is 1.39. The van der Waals surface area contributed by atoms with Crippen LogP contribution in [0, 0.1) is 0 Å². The molecule has 4 nitrogen and oxygen atoms in total. The smallest absolute Gasteiger partial charge is 0.240 e. The van der Waals surface area contributed by atoms with Crippen molar-refractivity contribution < 1.29 is 9.59 Å². The molecule has 1 aliphatic rings. The minimum Gasteiger partial charge on any atom is -0.341 e.